The van der Waals surface area contributed by atoms with Gasteiger partial charge in [-0.05, 0) is 19.4 Å². The molecule has 0 saturated heterocycles. The van der Waals surface area contributed by atoms with Crippen LogP contribution in [0.5, 0.6) is 0 Å². The number of hydrogen-bond acceptors (Lipinski definition) is 4. The van der Waals surface area contributed by atoms with Gasteiger partial charge in [0.1, 0.15) is 0 Å². The van der Waals surface area contributed by atoms with E-state index in [0.29, 0.717) is 13.2 Å². The van der Waals surface area contributed by atoms with Gasteiger partial charge < -0.3 is 14.6 Å². The summed E-state index contributed by atoms with van der Waals surface area (Å²) in [6.45, 7) is 2.81. The van der Waals surface area contributed by atoms with E-state index in [0.717, 1.165) is 26.0 Å². The molecule has 0 saturated carbocycles. The minimum atomic E-state index is -0.794. The monoisotopic (exact) mass is 219 g/mol. The predicted octanol–water partition coefficient (Wildman–Crippen LogP) is 0.446. The molecule has 0 heterocycles. The first-order valence-electron chi connectivity index (χ1n) is 5.12. The second-order valence-corrected chi connectivity index (χ2v) is 3.36. The third-order valence-electron chi connectivity index (χ3n) is 2.04. The minimum Gasteiger partial charge on any atom is -0.480 e. The summed E-state index contributed by atoms with van der Waals surface area (Å²) in [6.07, 6.45) is 1.91. The van der Waals surface area contributed by atoms with Gasteiger partial charge in [0.15, 0.2) is 0 Å². The predicted molar refractivity (Wildman–Crippen MR) is 57.1 cm³/mol. The van der Waals surface area contributed by atoms with Crippen LogP contribution in [-0.4, -0.2) is 63.0 Å². The molecule has 0 aromatic rings. The first-order chi connectivity index (χ1) is 7.20. The number of aliphatic carboxylic acids is 1. The molecule has 15 heavy (non-hydrogen) atoms. The SMILES string of the molecule is COCCCCN(CCOC)CC(=O)O. The highest BCUT2D eigenvalue weighted by molar-refractivity contribution is 5.69. The zero-order valence-electron chi connectivity index (χ0n) is 9.57. The lowest BCUT2D eigenvalue weighted by Gasteiger charge is -2.19. The molecule has 0 aromatic carbocycles. The van der Waals surface area contributed by atoms with Gasteiger partial charge in [-0.25, -0.2) is 0 Å². The van der Waals surface area contributed by atoms with Crippen LogP contribution in [0.15, 0.2) is 0 Å². The number of hydrogen-bond donors (Lipinski definition) is 1. The molecule has 0 rings (SSSR count). The fourth-order valence-corrected chi connectivity index (χ4v) is 1.26. The van der Waals surface area contributed by atoms with Gasteiger partial charge in [-0.3, -0.25) is 9.69 Å². The molecule has 0 bridgehead atoms. The van der Waals surface area contributed by atoms with Crippen molar-refractivity contribution in [3.63, 3.8) is 0 Å². The largest absolute Gasteiger partial charge is 0.480 e. The maximum Gasteiger partial charge on any atom is 0.317 e. The first-order valence-corrected chi connectivity index (χ1v) is 5.12. The van der Waals surface area contributed by atoms with Crippen molar-refractivity contribution in [3.05, 3.63) is 0 Å². The Morgan fingerprint density at radius 3 is 2.33 bits per heavy atom. The molecule has 1 N–H and O–H groups in total. The van der Waals surface area contributed by atoms with Crippen molar-refractivity contribution >= 4 is 5.97 Å². The van der Waals surface area contributed by atoms with Crippen molar-refractivity contribution in [3.8, 4) is 0 Å². The van der Waals surface area contributed by atoms with Crippen LogP contribution in [0.1, 0.15) is 12.8 Å². The molecule has 0 spiro atoms. The first kappa shape index (κ1) is 14.3. The van der Waals surface area contributed by atoms with Crippen LogP contribution in [0.2, 0.25) is 0 Å². The summed E-state index contributed by atoms with van der Waals surface area (Å²) in [6, 6.07) is 0. The number of rotatable bonds is 10. The van der Waals surface area contributed by atoms with Crippen molar-refractivity contribution in [1.29, 1.82) is 0 Å². The maximum absolute atomic E-state index is 10.6. The second kappa shape index (κ2) is 9.89. The molecule has 0 aromatic heterocycles. The van der Waals surface area contributed by atoms with Gasteiger partial charge in [0.25, 0.3) is 0 Å². The van der Waals surface area contributed by atoms with E-state index in [1.165, 1.54) is 0 Å². The summed E-state index contributed by atoms with van der Waals surface area (Å²) in [5.74, 6) is -0.794. The molecule has 5 heteroatoms. The third-order valence-corrected chi connectivity index (χ3v) is 2.04. The highest BCUT2D eigenvalue weighted by Gasteiger charge is 2.08. The number of methoxy groups -OCH3 is 2. The molecule has 0 aliphatic rings. The Balaban J connectivity index is 3.64. The summed E-state index contributed by atoms with van der Waals surface area (Å²) in [5, 5.41) is 8.68. The van der Waals surface area contributed by atoms with E-state index < -0.39 is 5.97 Å². The Kier molecular flexibility index (Phi) is 9.46. The van der Waals surface area contributed by atoms with Gasteiger partial charge in [-0.15, -0.1) is 0 Å². The van der Waals surface area contributed by atoms with E-state index in [9.17, 15) is 4.79 Å². The Morgan fingerprint density at radius 1 is 1.13 bits per heavy atom. The van der Waals surface area contributed by atoms with Crippen LogP contribution in [0.4, 0.5) is 0 Å². The fraction of sp³-hybridized carbons (Fsp3) is 0.900. The van der Waals surface area contributed by atoms with Crippen molar-refractivity contribution in [1.82, 2.24) is 4.90 Å². The van der Waals surface area contributed by atoms with E-state index in [2.05, 4.69) is 0 Å². The van der Waals surface area contributed by atoms with E-state index >= 15 is 0 Å². The molecule has 0 amide bonds. The second-order valence-electron chi connectivity index (χ2n) is 3.36. The third kappa shape index (κ3) is 9.65. The van der Waals surface area contributed by atoms with Crippen LogP contribution in [0, 0.1) is 0 Å². The van der Waals surface area contributed by atoms with Gasteiger partial charge >= 0.3 is 5.97 Å². The number of ether oxygens (including phenoxy) is 2. The molecule has 90 valence electrons. The van der Waals surface area contributed by atoms with E-state index in [1.54, 1.807) is 14.2 Å². The molecule has 0 aliphatic heterocycles. The molecule has 5 nitrogen and oxygen atoms in total. The summed E-state index contributed by atoms with van der Waals surface area (Å²) in [4.78, 5) is 12.4. The van der Waals surface area contributed by atoms with Crippen LogP contribution in [0.25, 0.3) is 0 Å². The molecule has 0 fully saturated rings. The van der Waals surface area contributed by atoms with Crippen molar-refractivity contribution < 1.29 is 19.4 Å². The Morgan fingerprint density at radius 2 is 1.80 bits per heavy atom. The van der Waals surface area contributed by atoms with Crippen LogP contribution < -0.4 is 0 Å². The Bertz CT molecular complexity index is 164. The van der Waals surface area contributed by atoms with Crippen molar-refractivity contribution in [2.24, 2.45) is 0 Å². The topological polar surface area (TPSA) is 59.0 Å². The molecule has 0 radical (unpaired) electrons. The zero-order chi connectivity index (χ0) is 11.5. The number of unbranched alkanes of at least 4 members (excludes halogenated alkanes) is 1. The minimum absolute atomic E-state index is 0.0797. The number of carboxylic acid groups (broad SMARTS) is 1. The van der Waals surface area contributed by atoms with Gasteiger partial charge in [-0.1, -0.05) is 0 Å². The van der Waals surface area contributed by atoms with E-state index in [1.807, 2.05) is 4.90 Å². The lowest BCUT2D eigenvalue weighted by atomic mass is 10.3. The molecular formula is C10H21NO4. The van der Waals surface area contributed by atoms with Crippen LogP contribution in [-0.2, 0) is 14.3 Å². The highest BCUT2D eigenvalue weighted by Crippen LogP contribution is 1.96. The standard InChI is InChI=1S/C10H21NO4/c1-14-7-4-3-5-11(6-8-15-2)9-10(12)13/h3-9H2,1-2H3,(H,12,13). The number of carboxylic acids is 1. The van der Waals surface area contributed by atoms with Gasteiger partial charge in [0, 0.05) is 27.4 Å². The number of carbonyl (C=O) groups is 1. The zero-order valence-corrected chi connectivity index (χ0v) is 9.57. The molecule has 0 unspecified atom stereocenters. The lowest BCUT2D eigenvalue weighted by Crippen LogP contribution is -2.33. The Labute approximate surface area is 91.0 Å². The molecule has 0 aliphatic carbocycles. The van der Waals surface area contributed by atoms with Crippen molar-refractivity contribution in [2.75, 3.05) is 47.1 Å². The summed E-state index contributed by atoms with van der Waals surface area (Å²) >= 11 is 0. The van der Waals surface area contributed by atoms with E-state index in [-0.39, 0.29) is 6.54 Å². The fourth-order valence-electron chi connectivity index (χ4n) is 1.26. The molecular weight excluding hydrogens is 198 g/mol. The van der Waals surface area contributed by atoms with Crippen LogP contribution >= 0.6 is 0 Å². The molecule has 0 atom stereocenters. The summed E-state index contributed by atoms with van der Waals surface area (Å²) < 4.78 is 9.85. The summed E-state index contributed by atoms with van der Waals surface area (Å²) in [7, 11) is 3.28. The summed E-state index contributed by atoms with van der Waals surface area (Å²) in [5.41, 5.74) is 0. The Hall–Kier alpha value is -0.650. The highest BCUT2D eigenvalue weighted by atomic mass is 16.5. The van der Waals surface area contributed by atoms with Gasteiger partial charge in [-0.2, -0.15) is 0 Å². The number of nitrogens with zero attached hydrogens (tertiary/aromatic N) is 1. The van der Waals surface area contributed by atoms with Gasteiger partial charge in [0.05, 0.1) is 13.2 Å². The lowest BCUT2D eigenvalue weighted by molar-refractivity contribution is -0.138. The average molecular weight is 219 g/mol. The van der Waals surface area contributed by atoms with Crippen LogP contribution in [0.3, 0.4) is 0 Å². The normalized spacial score (nSPS) is 10.9. The quantitative estimate of drug-likeness (QED) is 0.540. The van der Waals surface area contributed by atoms with E-state index in [4.69, 9.17) is 14.6 Å². The van der Waals surface area contributed by atoms with Gasteiger partial charge in [0.2, 0.25) is 0 Å². The maximum atomic E-state index is 10.6. The smallest absolute Gasteiger partial charge is 0.317 e. The average Bonchev–Trinajstić information content (AvgIpc) is 2.19. The van der Waals surface area contributed by atoms with Crippen molar-refractivity contribution in [2.45, 2.75) is 12.8 Å².